The zero-order chi connectivity index (χ0) is 12.7. The largest absolute Gasteiger partial charge is 0.383 e. The standard InChI is InChI=1S/C14H22BrNO/c1-11(2)9-12(3)17-8-7-16-14-6-4-5-13(15)10-14/h4-6,10-12,16H,7-9H2,1-3H3. The van der Waals surface area contributed by atoms with E-state index in [0.29, 0.717) is 12.0 Å². The highest BCUT2D eigenvalue weighted by atomic mass is 79.9. The Labute approximate surface area is 113 Å². The van der Waals surface area contributed by atoms with Gasteiger partial charge in [0.15, 0.2) is 0 Å². The molecule has 0 saturated heterocycles. The first-order valence-electron chi connectivity index (χ1n) is 6.19. The molecular weight excluding hydrogens is 278 g/mol. The summed E-state index contributed by atoms with van der Waals surface area (Å²) in [6.07, 6.45) is 1.47. The number of rotatable bonds is 7. The van der Waals surface area contributed by atoms with Gasteiger partial charge in [-0.05, 0) is 37.5 Å². The van der Waals surface area contributed by atoms with Gasteiger partial charge in [-0.3, -0.25) is 0 Å². The highest BCUT2D eigenvalue weighted by molar-refractivity contribution is 9.10. The lowest BCUT2D eigenvalue weighted by atomic mass is 10.1. The number of nitrogens with one attached hydrogen (secondary N) is 1. The Morgan fingerprint density at radius 2 is 2.06 bits per heavy atom. The topological polar surface area (TPSA) is 21.3 Å². The van der Waals surface area contributed by atoms with Crippen molar-refractivity contribution in [1.29, 1.82) is 0 Å². The third-order valence-corrected chi connectivity index (χ3v) is 2.95. The summed E-state index contributed by atoms with van der Waals surface area (Å²) in [6, 6.07) is 8.17. The Kier molecular flexibility index (Phi) is 6.60. The Morgan fingerprint density at radius 1 is 1.29 bits per heavy atom. The lowest BCUT2D eigenvalue weighted by Crippen LogP contribution is -2.17. The second-order valence-electron chi connectivity index (χ2n) is 4.75. The molecule has 0 aliphatic heterocycles. The number of halogens is 1. The number of benzene rings is 1. The van der Waals surface area contributed by atoms with E-state index in [1.54, 1.807) is 0 Å². The molecule has 17 heavy (non-hydrogen) atoms. The minimum absolute atomic E-state index is 0.347. The van der Waals surface area contributed by atoms with Crippen molar-refractivity contribution in [3.05, 3.63) is 28.7 Å². The molecule has 0 fully saturated rings. The molecule has 0 spiro atoms. The van der Waals surface area contributed by atoms with E-state index in [1.165, 1.54) is 0 Å². The van der Waals surface area contributed by atoms with Gasteiger partial charge in [0.25, 0.3) is 0 Å². The van der Waals surface area contributed by atoms with E-state index in [2.05, 4.69) is 54.2 Å². The van der Waals surface area contributed by atoms with Crippen LogP contribution in [0.15, 0.2) is 28.7 Å². The summed E-state index contributed by atoms with van der Waals surface area (Å²) in [6.45, 7) is 8.18. The summed E-state index contributed by atoms with van der Waals surface area (Å²) in [5.41, 5.74) is 1.12. The highest BCUT2D eigenvalue weighted by Crippen LogP contribution is 2.15. The lowest BCUT2D eigenvalue weighted by Gasteiger charge is -2.15. The van der Waals surface area contributed by atoms with Crippen LogP contribution in [-0.4, -0.2) is 19.3 Å². The average molecular weight is 300 g/mol. The predicted octanol–water partition coefficient (Wildman–Crippen LogP) is 4.31. The molecule has 0 aliphatic carbocycles. The van der Waals surface area contributed by atoms with E-state index in [1.807, 2.05) is 12.1 Å². The van der Waals surface area contributed by atoms with Gasteiger partial charge in [-0.15, -0.1) is 0 Å². The minimum atomic E-state index is 0.347. The molecule has 1 atom stereocenters. The van der Waals surface area contributed by atoms with E-state index in [9.17, 15) is 0 Å². The fourth-order valence-corrected chi connectivity index (χ4v) is 2.19. The second-order valence-corrected chi connectivity index (χ2v) is 5.66. The van der Waals surface area contributed by atoms with Crippen LogP contribution in [0.25, 0.3) is 0 Å². The van der Waals surface area contributed by atoms with E-state index >= 15 is 0 Å². The van der Waals surface area contributed by atoms with Gasteiger partial charge in [0.1, 0.15) is 0 Å². The van der Waals surface area contributed by atoms with Crippen LogP contribution < -0.4 is 5.32 Å². The van der Waals surface area contributed by atoms with Crippen LogP contribution in [0, 0.1) is 5.92 Å². The third-order valence-electron chi connectivity index (χ3n) is 2.46. The first-order chi connectivity index (χ1) is 8.08. The summed E-state index contributed by atoms with van der Waals surface area (Å²) in [7, 11) is 0. The zero-order valence-electron chi connectivity index (χ0n) is 10.9. The Morgan fingerprint density at radius 3 is 2.71 bits per heavy atom. The van der Waals surface area contributed by atoms with E-state index in [-0.39, 0.29) is 0 Å². The van der Waals surface area contributed by atoms with E-state index < -0.39 is 0 Å². The Balaban J connectivity index is 2.16. The molecule has 0 bridgehead atoms. The number of hydrogen-bond donors (Lipinski definition) is 1. The van der Waals surface area contributed by atoms with Gasteiger partial charge in [0.2, 0.25) is 0 Å². The molecule has 1 N–H and O–H groups in total. The van der Waals surface area contributed by atoms with Crippen LogP contribution in [0.2, 0.25) is 0 Å². The quantitative estimate of drug-likeness (QED) is 0.758. The van der Waals surface area contributed by atoms with Gasteiger partial charge < -0.3 is 10.1 Å². The highest BCUT2D eigenvalue weighted by Gasteiger charge is 2.04. The Bertz CT molecular complexity index is 328. The van der Waals surface area contributed by atoms with Crippen molar-refractivity contribution < 1.29 is 4.74 Å². The van der Waals surface area contributed by atoms with Crippen molar-refractivity contribution in [2.24, 2.45) is 5.92 Å². The van der Waals surface area contributed by atoms with E-state index in [0.717, 1.165) is 29.7 Å². The molecule has 3 heteroatoms. The molecule has 1 aromatic carbocycles. The van der Waals surface area contributed by atoms with Gasteiger partial charge in [-0.1, -0.05) is 35.8 Å². The second kappa shape index (κ2) is 7.72. The van der Waals surface area contributed by atoms with Crippen LogP contribution in [0.1, 0.15) is 27.2 Å². The monoisotopic (exact) mass is 299 g/mol. The van der Waals surface area contributed by atoms with Gasteiger partial charge in [-0.2, -0.15) is 0 Å². The molecule has 0 saturated carbocycles. The summed E-state index contributed by atoms with van der Waals surface area (Å²) >= 11 is 3.45. The maximum absolute atomic E-state index is 5.73. The fraction of sp³-hybridized carbons (Fsp3) is 0.571. The zero-order valence-corrected chi connectivity index (χ0v) is 12.5. The van der Waals surface area contributed by atoms with Crippen LogP contribution >= 0.6 is 15.9 Å². The van der Waals surface area contributed by atoms with Crippen LogP contribution in [0.4, 0.5) is 5.69 Å². The SMILES string of the molecule is CC(C)CC(C)OCCNc1cccc(Br)c1. The molecule has 0 heterocycles. The lowest BCUT2D eigenvalue weighted by molar-refractivity contribution is 0.0591. The van der Waals surface area contributed by atoms with E-state index in [4.69, 9.17) is 4.74 Å². The first kappa shape index (κ1) is 14.5. The van der Waals surface area contributed by atoms with Crippen LogP contribution in [0.5, 0.6) is 0 Å². The molecule has 1 rings (SSSR count). The first-order valence-corrected chi connectivity index (χ1v) is 6.98. The van der Waals surface area contributed by atoms with Crippen LogP contribution in [-0.2, 0) is 4.74 Å². The maximum Gasteiger partial charge on any atom is 0.0642 e. The molecular formula is C14H22BrNO. The minimum Gasteiger partial charge on any atom is -0.383 e. The van der Waals surface area contributed by atoms with Crippen molar-refractivity contribution in [2.45, 2.75) is 33.3 Å². The van der Waals surface area contributed by atoms with Crippen molar-refractivity contribution in [1.82, 2.24) is 0 Å². The molecule has 1 aromatic rings. The smallest absolute Gasteiger partial charge is 0.0642 e. The third kappa shape index (κ3) is 6.69. The van der Waals surface area contributed by atoms with Gasteiger partial charge in [0, 0.05) is 16.7 Å². The molecule has 96 valence electrons. The van der Waals surface area contributed by atoms with Crippen molar-refractivity contribution in [2.75, 3.05) is 18.5 Å². The predicted molar refractivity (Wildman–Crippen MR) is 77.5 cm³/mol. The fourth-order valence-electron chi connectivity index (χ4n) is 1.79. The summed E-state index contributed by atoms with van der Waals surface area (Å²) in [4.78, 5) is 0. The summed E-state index contributed by atoms with van der Waals surface area (Å²) in [5.74, 6) is 0.697. The average Bonchev–Trinajstić information content (AvgIpc) is 2.23. The van der Waals surface area contributed by atoms with Gasteiger partial charge >= 0.3 is 0 Å². The number of anilines is 1. The maximum atomic E-state index is 5.73. The summed E-state index contributed by atoms with van der Waals surface area (Å²) < 4.78 is 6.82. The van der Waals surface area contributed by atoms with Crippen LogP contribution in [0.3, 0.4) is 0 Å². The number of ether oxygens (including phenoxy) is 1. The molecule has 2 nitrogen and oxygen atoms in total. The van der Waals surface area contributed by atoms with Crippen molar-refractivity contribution >= 4 is 21.6 Å². The van der Waals surface area contributed by atoms with Gasteiger partial charge in [0.05, 0.1) is 12.7 Å². The molecule has 0 amide bonds. The molecule has 0 aromatic heterocycles. The molecule has 1 unspecified atom stereocenters. The van der Waals surface area contributed by atoms with Gasteiger partial charge in [-0.25, -0.2) is 0 Å². The summed E-state index contributed by atoms with van der Waals surface area (Å²) in [5, 5.41) is 3.34. The van der Waals surface area contributed by atoms with Crippen molar-refractivity contribution in [3.8, 4) is 0 Å². The normalized spacial score (nSPS) is 12.8. The number of hydrogen-bond acceptors (Lipinski definition) is 2. The molecule has 0 radical (unpaired) electrons. The molecule has 0 aliphatic rings. The Hall–Kier alpha value is -0.540. The van der Waals surface area contributed by atoms with Crippen molar-refractivity contribution in [3.63, 3.8) is 0 Å².